The summed E-state index contributed by atoms with van der Waals surface area (Å²) in [6.45, 7) is 4.60. The number of carbonyl (C=O) groups excluding carboxylic acids is 1. The van der Waals surface area contributed by atoms with Crippen molar-refractivity contribution in [2.75, 3.05) is 40.9 Å². The van der Waals surface area contributed by atoms with Gasteiger partial charge in [0.2, 0.25) is 5.91 Å². The van der Waals surface area contributed by atoms with Crippen LogP contribution in [-0.2, 0) is 18.4 Å². The molecule has 9 heteroatoms. The summed E-state index contributed by atoms with van der Waals surface area (Å²) in [6, 6.07) is -0.917. The number of hydrogen-bond acceptors (Lipinski definition) is 6. The van der Waals surface area contributed by atoms with Crippen LogP contribution < -0.4 is 10.2 Å². The maximum absolute atomic E-state index is 12.9. The van der Waals surface area contributed by atoms with Crippen molar-refractivity contribution in [2.45, 2.75) is 270 Å². The fraction of sp³-hybridized carbons (Fsp3) is 0.814. The molecule has 0 aromatic heterocycles. The van der Waals surface area contributed by atoms with E-state index >= 15 is 0 Å². The number of hydrogen-bond donors (Lipinski definition) is 2. The van der Waals surface area contributed by atoms with Crippen molar-refractivity contribution in [1.82, 2.24) is 5.32 Å². The lowest BCUT2D eigenvalue weighted by Gasteiger charge is -2.29. The molecule has 0 aliphatic heterocycles. The van der Waals surface area contributed by atoms with Gasteiger partial charge in [-0.3, -0.25) is 9.36 Å². The molecule has 3 atom stereocenters. The Morgan fingerprint density at radius 3 is 1.31 bits per heavy atom. The molecule has 0 radical (unpaired) electrons. The Balaban J connectivity index is 4.26. The SMILES string of the molecule is CCCCC/C=C\C/C=C\CCCCCCCCCC(=O)NC(COP(=O)([O-])OCC[N+](C)(C)C)C(O)/C=C/CC/C=C/CC/C=C/CCCCCCCCCCCCCCCCCCCCC. The van der Waals surface area contributed by atoms with Crippen LogP contribution in [0.5, 0.6) is 0 Å². The molecule has 0 aromatic rings. The minimum Gasteiger partial charge on any atom is -0.756 e. The summed E-state index contributed by atoms with van der Waals surface area (Å²) >= 11 is 0. The molecule has 0 saturated heterocycles. The second-order valence-corrected chi connectivity index (χ2v) is 22.0. The number of rotatable bonds is 52. The molecule has 0 aliphatic rings. The van der Waals surface area contributed by atoms with Gasteiger partial charge in [0.15, 0.2) is 0 Å². The number of nitrogens with one attached hydrogen (secondary N) is 1. The summed E-state index contributed by atoms with van der Waals surface area (Å²) < 4.78 is 23.3. The summed E-state index contributed by atoms with van der Waals surface area (Å²) in [5.41, 5.74) is 0. The number of unbranched alkanes of at least 4 members (excludes halogenated alkanes) is 31. The summed E-state index contributed by atoms with van der Waals surface area (Å²) in [5, 5.41) is 13.8. The molecular formula is C59H111N2O6P. The average molecular weight is 976 g/mol. The number of carbonyl (C=O) groups is 1. The molecule has 8 nitrogen and oxygen atoms in total. The van der Waals surface area contributed by atoms with E-state index in [9.17, 15) is 19.4 Å². The van der Waals surface area contributed by atoms with E-state index in [0.29, 0.717) is 17.4 Å². The zero-order valence-corrected chi connectivity index (χ0v) is 46.2. The second-order valence-electron chi connectivity index (χ2n) is 20.6. The maximum atomic E-state index is 12.9. The van der Waals surface area contributed by atoms with Crippen molar-refractivity contribution in [3.05, 3.63) is 60.8 Å². The zero-order valence-electron chi connectivity index (χ0n) is 45.3. The highest BCUT2D eigenvalue weighted by atomic mass is 31.2. The van der Waals surface area contributed by atoms with Crippen LogP contribution in [0, 0.1) is 0 Å². The van der Waals surface area contributed by atoms with Crippen molar-refractivity contribution in [3.63, 3.8) is 0 Å². The fourth-order valence-electron chi connectivity index (χ4n) is 8.16. The first kappa shape index (κ1) is 66.2. The number of phosphoric ester groups is 1. The van der Waals surface area contributed by atoms with E-state index < -0.39 is 26.6 Å². The largest absolute Gasteiger partial charge is 0.756 e. The van der Waals surface area contributed by atoms with Gasteiger partial charge in [-0.2, -0.15) is 0 Å². The van der Waals surface area contributed by atoms with Crippen molar-refractivity contribution < 1.29 is 32.9 Å². The second kappa shape index (κ2) is 50.2. The highest BCUT2D eigenvalue weighted by molar-refractivity contribution is 7.45. The first-order valence-electron chi connectivity index (χ1n) is 28.7. The number of likely N-dealkylation sites (N-methyl/N-ethyl adjacent to an activating group) is 1. The van der Waals surface area contributed by atoms with E-state index in [2.05, 4.69) is 67.8 Å². The van der Waals surface area contributed by atoms with Crippen LogP contribution in [-0.4, -0.2) is 68.5 Å². The molecule has 0 heterocycles. The molecule has 0 aromatic carbocycles. The van der Waals surface area contributed by atoms with E-state index in [1.54, 1.807) is 6.08 Å². The van der Waals surface area contributed by atoms with Gasteiger partial charge in [-0.05, 0) is 77.0 Å². The Hall–Kier alpha value is -1.80. The van der Waals surface area contributed by atoms with Crippen LogP contribution >= 0.6 is 7.82 Å². The molecule has 0 rings (SSSR count). The number of aliphatic hydroxyl groups is 1. The molecule has 68 heavy (non-hydrogen) atoms. The Kier molecular flexibility index (Phi) is 48.8. The third kappa shape index (κ3) is 52.0. The Morgan fingerprint density at radius 2 is 0.868 bits per heavy atom. The predicted molar refractivity (Wildman–Crippen MR) is 293 cm³/mol. The lowest BCUT2D eigenvalue weighted by molar-refractivity contribution is -0.870. The standard InChI is InChI=1S/C59H111N2O6P/c1-6-8-10-12-14-16-18-20-22-24-25-26-27-28-29-30-31-32-33-34-35-37-38-40-42-44-46-48-50-52-58(62)57(56-67-68(64,65)66-55-54-61(3,4)5)60-59(63)53-51-49-47-45-43-41-39-36-23-21-19-17-15-13-11-9-7-2/h15,17,21,23,35,37,42,44,50,52,57-58,62H,6-14,16,18-20,22,24-34,36,38-41,43,45-49,51,53-56H2,1-5H3,(H-,60,63,64,65)/b17-15-,23-21-,37-35+,44-42+,52-50+. The van der Waals surface area contributed by atoms with Crippen LogP contribution in [0.15, 0.2) is 60.8 Å². The Bertz CT molecular complexity index is 1290. The first-order valence-corrected chi connectivity index (χ1v) is 30.1. The van der Waals surface area contributed by atoms with Gasteiger partial charge in [-0.25, -0.2) is 0 Å². The van der Waals surface area contributed by atoms with Gasteiger partial charge in [0, 0.05) is 6.42 Å². The number of nitrogens with zero attached hydrogens (tertiary/aromatic N) is 1. The van der Waals surface area contributed by atoms with Crippen LogP contribution in [0.2, 0.25) is 0 Å². The summed E-state index contributed by atoms with van der Waals surface area (Å²) in [6.07, 6.45) is 67.4. The molecule has 398 valence electrons. The third-order valence-electron chi connectivity index (χ3n) is 12.7. The smallest absolute Gasteiger partial charge is 0.268 e. The van der Waals surface area contributed by atoms with Crippen molar-refractivity contribution in [3.8, 4) is 0 Å². The quantitative estimate of drug-likeness (QED) is 0.0272. The van der Waals surface area contributed by atoms with E-state index in [4.69, 9.17) is 9.05 Å². The molecule has 1 amide bonds. The molecule has 0 aliphatic carbocycles. The van der Waals surface area contributed by atoms with Gasteiger partial charge >= 0.3 is 0 Å². The van der Waals surface area contributed by atoms with Gasteiger partial charge in [0.05, 0.1) is 39.9 Å². The first-order chi connectivity index (χ1) is 33.0. The van der Waals surface area contributed by atoms with Gasteiger partial charge in [-0.15, -0.1) is 0 Å². The van der Waals surface area contributed by atoms with E-state index in [-0.39, 0.29) is 12.5 Å². The maximum Gasteiger partial charge on any atom is 0.268 e. The van der Waals surface area contributed by atoms with Crippen LogP contribution in [0.3, 0.4) is 0 Å². The third-order valence-corrected chi connectivity index (χ3v) is 13.6. The van der Waals surface area contributed by atoms with Gasteiger partial charge in [-0.1, -0.05) is 235 Å². The zero-order chi connectivity index (χ0) is 49.9. The number of quaternary nitrogens is 1. The van der Waals surface area contributed by atoms with E-state index in [0.717, 1.165) is 64.2 Å². The molecule has 0 spiro atoms. The molecule has 3 unspecified atom stereocenters. The highest BCUT2D eigenvalue weighted by Gasteiger charge is 2.23. The van der Waals surface area contributed by atoms with E-state index in [1.165, 1.54) is 173 Å². The van der Waals surface area contributed by atoms with Crippen LogP contribution in [0.1, 0.15) is 258 Å². The van der Waals surface area contributed by atoms with Crippen molar-refractivity contribution in [2.24, 2.45) is 0 Å². The molecule has 2 N–H and O–H groups in total. The van der Waals surface area contributed by atoms with Gasteiger partial charge in [0.25, 0.3) is 7.82 Å². The number of aliphatic hydroxyl groups excluding tert-OH is 1. The molecule has 0 bridgehead atoms. The predicted octanol–water partition coefficient (Wildman–Crippen LogP) is 16.7. The number of amides is 1. The monoisotopic (exact) mass is 975 g/mol. The summed E-state index contributed by atoms with van der Waals surface area (Å²) in [5.74, 6) is -0.220. The van der Waals surface area contributed by atoms with Crippen LogP contribution in [0.4, 0.5) is 0 Å². The lowest BCUT2D eigenvalue weighted by Crippen LogP contribution is -2.45. The van der Waals surface area contributed by atoms with E-state index in [1.807, 2.05) is 27.2 Å². The Morgan fingerprint density at radius 1 is 0.515 bits per heavy atom. The highest BCUT2D eigenvalue weighted by Crippen LogP contribution is 2.38. The minimum atomic E-state index is -4.61. The van der Waals surface area contributed by atoms with Crippen LogP contribution in [0.25, 0.3) is 0 Å². The lowest BCUT2D eigenvalue weighted by atomic mass is 10.0. The van der Waals surface area contributed by atoms with Gasteiger partial charge < -0.3 is 28.8 Å². The average Bonchev–Trinajstić information content (AvgIpc) is 3.30. The topological polar surface area (TPSA) is 108 Å². The molecule has 0 saturated carbocycles. The minimum absolute atomic E-state index is 0.0125. The van der Waals surface area contributed by atoms with Gasteiger partial charge in [0.1, 0.15) is 13.2 Å². The molecular weight excluding hydrogens is 864 g/mol. The normalized spacial score (nSPS) is 14.4. The summed E-state index contributed by atoms with van der Waals surface area (Å²) in [7, 11) is 1.23. The Labute approximate surface area is 422 Å². The fourth-order valence-corrected chi connectivity index (χ4v) is 8.88. The molecule has 0 fully saturated rings. The van der Waals surface area contributed by atoms with Crippen molar-refractivity contribution in [1.29, 1.82) is 0 Å². The number of phosphoric acid groups is 1. The summed E-state index contributed by atoms with van der Waals surface area (Å²) in [4.78, 5) is 25.4. The van der Waals surface area contributed by atoms with Crippen molar-refractivity contribution >= 4 is 13.7 Å². The number of allylic oxidation sites excluding steroid dienone is 9.